The van der Waals surface area contributed by atoms with Gasteiger partial charge in [0.25, 0.3) is 0 Å². The van der Waals surface area contributed by atoms with E-state index in [1.54, 1.807) is 28.4 Å². The molecule has 7 heteroatoms. The second-order valence-electron chi connectivity index (χ2n) is 5.76. The van der Waals surface area contributed by atoms with Crippen LogP contribution < -0.4 is 19.5 Å². The molecule has 0 amide bonds. The minimum atomic E-state index is 0. The Morgan fingerprint density at radius 2 is 1.56 bits per heavy atom. The predicted molar refractivity (Wildman–Crippen MR) is 120 cm³/mol. The molecule has 1 N–H and O–H groups in total. The molecule has 2 rings (SSSR count). The summed E-state index contributed by atoms with van der Waals surface area (Å²) in [5.41, 5.74) is 2.18. The van der Waals surface area contributed by atoms with Gasteiger partial charge in [0, 0.05) is 38.8 Å². The largest absolute Gasteiger partial charge is 0.496 e. The van der Waals surface area contributed by atoms with Crippen molar-refractivity contribution < 1.29 is 14.2 Å². The molecule has 0 radical (unpaired) electrons. The average molecular weight is 485 g/mol. The Morgan fingerprint density at radius 1 is 0.963 bits per heavy atom. The standard InChI is InChI=1S/C20H27N3O3.HI/c1-21-20(23(2)14-15-9-7-6-8-10-15)22-13-16-11-18(25-4)19(26-5)12-17(16)24-3;/h6-12H,13-14H2,1-5H3,(H,21,22);1H. The summed E-state index contributed by atoms with van der Waals surface area (Å²) < 4.78 is 16.2. The van der Waals surface area contributed by atoms with Crippen molar-refractivity contribution in [3.63, 3.8) is 0 Å². The third-order valence-electron chi connectivity index (χ3n) is 4.06. The summed E-state index contributed by atoms with van der Waals surface area (Å²) in [6, 6.07) is 14.0. The van der Waals surface area contributed by atoms with Crippen molar-refractivity contribution in [1.29, 1.82) is 0 Å². The molecule has 0 unspecified atom stereocenters. The van der Waals surface area contributed by atoms with Gasteiger partial charge in [0.05, 0.1) is 21.3 Å². The Kier molecular flexibility index (Phi) is 9.77. The minimum absolute atomic E-state index is 0. The average Bonchev–Trinajstić information content (AvgIpc) is 2.68. The normalized spacial score (nSPS) is 10.6. The van der Waals surface area contributed by atoms with Crippen LogP contribution in [0.3, 0.4) is 0 Å². The lowest BCUT2D eigenvalue weighted by atomic mass is 10.1. The zero-order valence-electron chi connectivity index (χ0n) is 16.5. The minimum Gasteiger partial charge on any atom is -0.496 e. The lowest BCUT2D eigenvalue weighted by Gasteiger charge is -2.23. The van der Waals surface area contributed by atoms with E-state index in [1.165, 1.54) is 5.56 Å². The maximum atomic E-state index is 5.48. The summed E-state index contributed by atoms with van der Waals surface area (Å²) >= 11 is 0. The Bertz CT molecular complexity index is 739. The van der Waals surface area contributed by atoms with Crippen LogP contribution >= 0.6 is 24.0 Å². The summed E-state index contributed by atoms with van der Waals surface area (Å²) in [4.78, 5) is 6.44. The molecule has 0 aliphatic heterocycles. The number of aliphatic imine (C=N–C) groups is 1. The van der Waals surface area contributed by atoms with E-state index in [-0.39, 0.29) is 24.0 Å². The number of benzene rings is 2. The molecular weight excluding hydrogens is 457 g/mol. The van der Waals surface area contributed by atoms with Crippen LogP contribution in [0, 0.1) is 0 Å². The number of rotatable bonds is 7. The first-order valence-electron chi connectivity index (χ1n) is 8.37. The van der Waals surface area contributed by atoms with Gasteiger partial charge in [-0.15, -0.1) is 24.0 Å². The second-order valence-corrected chi connectivity index (χ2v) is 5.76. The van der Waals surface area contributed by atoms with Crippen LogP contribution in [0.15, 0.2) is 47.5 Å². The highest BCUT2D eigenvalue weighted by Crippen LogP contribution is 2.34. The summed E-state index contributed by atoms with van der Waals surface area (Å²) in [6.45, 7) is 1.32. The molecule has 0 atom stereocenters. The molecule has 6 nitrogen and oxygen atoms in total. The zero-order valence-corrected chi connectivity index (χ0v) is 18.8. The molecule has 148 valence electrons. The molecule has 0 spiro atoms. The van der Waals surface area contributed by atoms with Gasteiger partial charge in [-0.05, 0) is 11.6 Å². The van der Waals surface area contributed by atoms with Crippen molar-refractivity contribution >= 4 is 29.9 Å². The Morgan fingerprint density at radius 3 is 2.11 bits per heavy atom. The van der Waals surface area contributed by atoms with Crippen LogP contribution in [0.5, 0.6) is 17.2 Å². The van der Waals surface area contributed by atoms with Crippen molar-refractivity contribution in [2.24, 2.45) is 4.99 Å². The van der Waals surface area contributed by atoms with Crippen LogP contribution in [-0.4, -0.2) is 46.3 Å². The SMILES string of the molecule is CN=C(NCc1cc(OC)c(OC)cc1OC)N(C)Cc1ccccc1.I. The first kappa shape index (κ1) is 22.9. The van der Waals surface area contributed by atoms with Crippen LogP contribution in [0.2, 0.25) is 0 Å². The van der Waals surface area contributed by atoms with Crippen LogP contribution in [0.25, 0.3) is 0 Å². The van der Waals surface area contributed by atoms with Gasteiger partial charge in [0.1, 0.15) is 5.75 Å². The van der Waals surface area contributed by atoms with Crippen molar-refractivity contribution in [2.75, 3.05) is 35.4 Å². The van der Waals surface area contributed by atoms with E-state index in [4.69, 9.17) is 14.2 Å². The molecule has 0 bridgehead atoms. The Hall–Kier alpha value is -2.16. The third-order valence-corrected chi connectivity index (χ3v) is 4.06. The maximum absolute atomic E-state index is 5.48. The quantitative estimate of drug-likeness (QED) is 0.370. The summed E-state index contributed by atoms with van der Waals surface area (Å²) in [5.74, 6) is 2.83. The molecule has 2 aromatic carbocycles. The van der Waals surface area contributed by atoms with Crippen molar-refractivity contribution in [2.45, 2.75) is 13.1 Å². The van der Waals surface area contributed by atoms with Gasteiger partial charge >= 0.3 is 0 Å². The topological polar surface area (TPSA) is 55.3 Å². The molecule has 0 aliphatic carbocycles. The zero-order chi connectivity index (χ0) is 18.9. The van der Waals surface area contributed by atoms with E-state index in [1.807, 2.05) is 37.4 Å². The molecule has 0 saturated carbocycles. The molecular formula is C20H28IN3O3. The van der Waals surface area contributed by atoms with Crippen molar-refractivity contribution in [3.05, 3.63) is 53.6 Å². The second kappa shape index (κ2) is 11.5. The number of ether oxygens (including phenoxy) is 3. The Labute approximate surface area is 178 Å². The molecule has 0 saturated heterocycles. The first-order chi connectivity index (χ1) is 12.6. The van der Waals surface area contributed by atoms with Gasteiger partial charge in [-0.2, -0.15) is 0 Å². The van der Waals surface area contributed by atoms with Crippen LogP contribution in [0.1, 0.15) is 11.1 Å². The van der Waals surface area contributed by atoms with E-state index < -0.39 is 0 Å². The summed E-state index contributed by atoms with van der Waals surface area (Å²) in [7, 11) is 8.65. The van der Waals surface area contributed by atoms with Crippen molar-refractivity contribution in [1.82, 2.24) is 10.2 Å². The first-order valence-corrected chi connectivity index (χ1v) is 8.37. The molecule has 0 heterocycles. The van der Waals surface area contributed by atoms with Crippen LogP contribution in [-0.2, 0) is 13.1 Å². The number of hydrogen-bond acceptors (Lipinski definition) is 4. The maximum Gasteiger partial charge on any atom is 0.193 e. The van der Waals surface area contributed by atoms with E-state index in [9.17, 15) is 0 Å². The highest BCUT2D eigenvalue weighted by Gasteiger charge is 2.13. The van der Waals surface area contributed by atoms with Crippen LogP contribution in [0.4, 0.5) is 0 Å². The molecule has 0 aromatic heterocycles. The Balaban J connectivity index is 0.00000364. The number of hydrogen-bond donors (Lipinski definition) is 1. The molecule has 2 aromatic rings. The van der Waals surface area contributed by atoms with Gasteiger partial charge < -0.3 is 24.4 Å². The van der Waals surface area contributed by atoms with Gasteiger partial charge in [-0.25, -0.2) is 0 Å². The number of nitrogens with zero attached hydrogens (tertiary/aromatic N) is 2. The fourth-order valence-electron chi connectivity index (χ4n) is 2.72. The molecule has 0 aliphatic rings. The highest BCUT2D eigenvalue weighted by molar-refractivity contribution is 14.0. The summed E-state index contributed by atoms with van der Waals surface area (Å²) in [5, 5.41) is 3.37. The smallest absolute Gasteiger partial charge is 0.193 e. The van der Waals surface area contributed by atoms with E-state index in [0.717, 1.165) is 23.8 Å². The van der Waals surface area contributed by atoms with Gasteiger partial charge in [-0.1, -0.05) is 30.3 Å². The number of guanidine groups is 1. The monoisotopic (exact) mass is 485 g/mol. The molecule has 0 fully saturated rings. The van der Waals surface area contributed by atoms with E-state index >= 15 is 0 Å². The fraction of sp³-hybridized carbons (Fsp3) is 0.350. The number of halogens is 1. The van der Waals surface area contributed by atoms with E-state index in [2.05, 4.69) is 27.3 Å². The van der Waals surface area contributed by atoms with Crippen molar-refractivity contribution in [3.8, 4) is 17.2 Å². The van der Waals surface area contributed by atoms with Gasteiger partial charge in [0.2, 0.25) is 0 Å². The lowest BCUT2D eigenvalue weighted by molar-refractivity contribution is 0.347. The summed E-state index contributed by atoms with van der Waals surface area (Å²) in [6.07, 6.45) is 0. The van der Waals surface area contributed by atoms with E-state index in [0.29, 0.717) is 18.0 Å². The molecule has 27 heavy (non-hydrogen) atoms. The third kappa shape index (κ3) is 6.20. The number of nitrogens with one attached hydrogen (secondary N) is 1. The number of methoxy groups -OCH3 is 3. The van der Waals surface area contributed by atoms with Gasteiger partial charge in [-0.3, -0.25) is 4.99 Å². The highest BCUT2D eigenvalue weighted by atomic mass is 127. The predicted octanol–water partition coefficient (Wildman–Crippen LogP) is 3.54. The fourth-order valence-corrected chi connectivity index (χ4v) is 2.72. The van der Waals surface area contributed by atoms with Gasteiger partial charge in [0.15, 0.2) is 17.5 Å². The lowest BCUT2D eigenvalue weighted by Crippen LogP contribution is -2.38.